The van der Waals surface area contributed by atoms with E-state index in [1.807, 2.05) is 13.0 Å². The van der Waals surface area contributed by atoms with Crippen molar-refractivity contribution in [1.82, 2.24) is 19.8 Å². The van der Waals surface area contributed by atoms with Crippen LogP contribution in [0.4, 0.5) is 4.39 Å². The SMILES string of the molecule is CC(C(=O)N(C)Cc1c(F)cccc1Cl)N1CCC(c2c[nH]c3ncccc23)CC1. The Hall–Kier alpha value is -2.44. The van der Waals surface area contributed by atoms with Crippen LogP contribution in [0.25, 0.3) is 11.0 Å². The van der Waals surface area contributed by atoms with Gasteiger partial charge >= 0.3 is 0 Å². The first-order valence-electron chi connectivity index (χ1n) is 10.3. The zero-order chi connectivity index (χ0) is 21.3. The largest absolute Gasteiger partial charge is 0.346 e. The number of fused-ring (bicyclic) bond motifs is 1. The fourth-order valence-corrected chi connectivity index (χ4v) is 4.61. The van der Waals surface area contributed by atoms with Crippen molar-refractivity contribution >= 4 is 28.5 Å². The van der Waals surface area contributed by atoms with Crippen molar-refractivity contribution in [2.24, 2.45) is 0 Å². The van der Waals surface area contributed by atoms with Crippen molar-refractivity contribution in [3.05, 3.63) is 64.7 Å². The van der Waals surface area contributed by atoms with E-state index in [1.54, 1.807) is 30.3 Å². The molecule has 1 atom stereocenters. The zero-order valence-corrected chi connectivity index (χ0v) is 18.0. The molecule has 0 aliphatic carbocycles. The summed E-state index contributed by atoms with van der Waals surface area (Å²) in [6.07, 6.45) is 5.84. The molecule has 7 heteroatoms. The van der Waals surface area contributed by atoms with Crippen LogP contribution in [0, 0.1) is 5.82 Å². The lowest BCUT2D eigenvalue weighted by molar-refractivity contribution is -0.136. The first-order valence-corrected chi connectivity index (χ1v) is 10.7. The van der Waals surface area contributed by atoms with Crippen LogP contribution in [0.15, 0.2) is 42.7 Å². The molecule has 2 aromatic heterocycles. The summed E-state index contributed by atoms with van der Waals surface area (Å²) in [5.41, 5.74) is 2.59. The van der Waals surface area contributed by atoms with Gasteiger partial charge in [0.25, 0.3) is 0 Å². The van der Waals surface area contributed by atoms with E-state index < -0.39 is 0 Å². The summed E-state index contributed by atoms with van der Waals surface area (Å²) >= 11 is 6.12. The average molecular weight is 429 g/mol. The molecule has 1 fully saturated rings. The van der Waals surface area contributed by atoms with Crippen LogP contribution in [0.2, 0.25) is 5.02 Å². The van der Waals surface area contributed by atoms with Gasteiger partial charge in [-0.15, -0.1) is 0 Å². The lowest BCUT2D eigenvalue weighted by atomic mass is 9.89. The molecule has 4 rings (SSSR count). The third kappa shape index (κ3) is 4.07. The highest BCUT2D eigenvalue weighted by Gasteiger charge is 2.30. The molecule has 0 bridgehead atoms. The molecule has 3 heterocycles. The molecule has 158 valence electrons. The number of aromatic nitrogens is 2. The van der Waals surface area contributed by atoms with E-state index in [1.165, 1.54) is 17.0 Å². The number of nitrogens with one attached hydrogen (secondary N) is 1. The number of likely N-dealkylation sites (N-methyl/N-ethyl adjacent to an activating group) is 1. The standard InChI is InChI=1S/C23H26ClFN4O/c1-15(23(30)28(2)14-19-20(24)6-3-7-21(19)25)29-11-8-16(9-12-29)18-13-27-22-17(18)5-4-10-26-22/h3-7,10,13,15-16H,8-9,11-12,14H2,1-2H3,(H,26,27). The first-order chi connectivity index (χ1) is 14.5. The van der Waals surface area contributed by atoms with E-state index in [4.69, 9.17) is 11.6 Å². The van der Waals surface area contributed by atoms with Crippen molar-refractivity contribution in [3.8, 4) is 0 Å². The number of hydrogen-bond donors (Lipinski definition) is 1. The van der Waals surface area contributed by atoms with Gasteiger partial charge in [-0.05, 0) is 68.6 Å². The number of carbonyl (C=O) groups is 1. The average Bonchev–Trinajstić information content (AvgIpc) is 3.19. The number of carbonyl (C=O) groups excluding carboxylic acids is 1. The summed E-state index contributed by atoms with van der Waals surface area (Å²) in [5, 5.41) is 1.53. The third-order valence-corrected chi connectivity index (χ3v) is 6.54. The molecular formula is C23H26ClFN4O. The fourth-order valence-electron chi connectivity index (χ4n) is 4.39. The summed E-state index contributed by atoms with van der Waals surface area (Å²) in [5.74, 6) is 0.0457. The summed E-state index contributed by atoms with van der Waals surface area (Å²) in [6.45, 7) is 3.78. The van der Waals surface area contributed by atoms with E-state index in [0.29, 0.717) is 16.5 Å². The quantitative estimate of drug-likeness (QED) is 0.647. The topological polar surface area (TPSA) is 52.2 Å². The molecule has 3 aromatic rings. The van der Waals surface area contributed by atoms with E-state index in [9.17, 15) is 9.18 Å². The van der Waals surface area contributed by atoms with Gasteiger partial charge in [-0.1, -0.05) is 17.7 Å². The highest BCUT2D eigenvalue weighted by Crippen LogP contribution is 2.33. The Bertz CT molecular complexity index is 1020. The Labute approximate surface area is 180 Å². The van der Waals surface area contributed by atoms with Crippen LogP contribution in [0.1, 0.15) is 36.8 Å². The van der Waals surface area contributed by atoms with Crippen molar-refractivity contribution in [2.45, 2.75) is 38.3 Å². The maximum Gasteiger partial charge on any atom is 0.239 e. The maximum absolute atomic E-state index is 14.1. The van der Waals surface area contributed by atoms with Gasteiger partial charge in [-0.2, -0.15) is 0 Å². The number of nitrogens with zero attached hydrogens (tertiary/aromatic N) is 3. The number of aromatic amines is 1. The molecular weight excluding hydrogens is 403 g/mol. The predicted octanol–water partition coefficient (Wildman–Crippen LogP) is 4.58. The molecule has 1 aliphatic rings. The zero-order valence-electron chi connectivity index (χ0n) is 17.2. The van der Waals surface area contributed by atoms with Crippen LogP contribution < -0.4 is 0 Å². The monoisotopic (exact) mass is 428 g/mol. The van der Waals surface area contributed by atoms with Gasteiger partial charge in [-0.25, -0.2) is 9.37 Å². The highest BCUT2D eigenvalue weighted by molar-refractivity contribution is 6.31. The predicted molar refractivity (Wildman–Crippen MR) is 117 cm³/mol. The molecule has 1 unspecified atom stereocenters. The van der Waals surface area contributed by atoms with Crippen molar-refractivity contribution in [1.29, 1.82) is 0 Å². The van der Waals surface area contributed by atoms with Gasteiger partial charge in [-0.3, -0.25) is 9.69 Å². The van der Waals surface area contributed by atoms with Gasteiger partial charge < -0.3 is 9.88 Å². The molecule has 0 saturated carbocycles. The minimum Gasteiger partial charge on any atom is -0.346 e. The molecule has 1 aliphatic heterocycles. The van der Waals surface area contributed by atoms with Gasteiger partial charge in [0.05, 0.1) is 6.04 Å². The van der Waals surface area contributed by atoms with Crippen molar-refractivity contribution < 1.29 is 9.18 Å². The second-order valence-electron chi connectivity index (χ2n) is 8.02. The number of amides is 1. The van der Waals surface area contributed by atoms with Gasteiger partial charge in [0.1, 0.15) is 11.5 Å². The molecule has 5 nitrogen and oxygen atoms in total. The normalized spacial score (nSPS) is 16.7. The number of hydrogen-bond acceptors (Lipinski definition) is 3. The van der Waals surface area contributed by atoms with Crippen LogP contribution in [0.3, 0.4) is 0 Å². The fraction of sp³-hybridized carbons (Fsp3) is 0.391. The Morgan fingerprint density at radius 1 is 1.33 bits per heavy atom. The molecule has 1 saturated heterocycles. The Kier molecular flexibility index (Phi) is 6.06. The second kappa shape index (κ2) is 8.74. The summed E-state index contributed by atoms with van der Waals surface area (Å²) in [4.78, 5) is 24.4. The smallest absolute Gasteiger partial charge is 0.239 e. The van der Waals surface area contributed by atoms with E-state index >= 15 is 0 Å². The van der Waals surface area contributed by atoms with Gasteiger partial charge in [0.2, 0.25) is 5.91 Å². The highest BCUT2D eigenvalue weighted by atomic mass is 35.5. The number of halogens is 2. The molecule has 1 N–H and O–H groups in total. The number of piperidine rings is 1. The van der Waals surface area contributed by atoms with Crippen LogP contribution in [-0.4, -0.2) is 51.9 Å². The Morgan fingerprint density at radius 2 is 2.10 bits per heavy atom. The van der Waals surface area contributed by atoms with Crippen LogP contribution in [-0.2, 0) is 11.3 Å². The lowest BCUT2D eigenvalue weighted by Crippen LogP contribution is -2.48. The summed E-state index contributed by atoms with van der Waals surface area (Å²) in [7, 11) is 1.70. The Balaban J connectivity index is 1.37. The molecule has 0 spiro atoms. The van der Waals surface area contributed by atoms with Crippen LogP contribution in [0.5, 0.6) is 0 Å². The first kappa shape index (κ1) is 20.8. The van der Waals surface area contributed by atoms with E-state index in [2.05, 4.69) is 27.1 Å². The molecule has 1 aromatic carbocycles. The maximum atomic E-state index is 14.1. The molecule has 0 radical (unpaired) electrons. The van der Waals surface area contributed by atoms with Crippen LogP contribution >= 0.6 is 11.6 Å². The molecule has 30 heavy (non-hydrogen) atoms. The second-order valence-corrected chi connectivity index (χ2v) is 8.43. The number of benzene rings is 1. The molecule has 1 amide bonds. The lowest BCUT2D eigenvalue weighted by Gasteiger charge is -2.36. The minimum atomic E-state index is -0.385. The van der Waals surface area contributed by atoms with E-state index in [0.717, 1.165) is 31.6 Å². The van der Waals surface area contributed by atoms with Gasteiger partial charge in [0.15, 0.2) is 0 Å². The number of likely N-dealkylation sites (tertiary alicyclic amines) is 1. The van der Waals surface area contributed by atoms with E-state index in [-0.39, 0.29) is 24.3 Å². The Morgan fingerprint density at radius 3 is 2.83 bits per heavy atom. The summed E-state index contributed by atoms with van der Waals surface area (Å²) in [6, 6.07) is 8.40. The van der Waals surface area contributed by atoms with Crippen molar-refractivity contribution in [3.63, 3.8) is 0 Å². The van der Waals surface area contributed by atoms with Gasteiger partial charge in [0, 0.05) is 42.0 Å². The minimum absolute atomic E-state index is 0.0240. The summed E-state index contributed by atoms with van der Waals surface area (Å²) < 4.78 is 14.1. The number of rotatable bonds is 5. The van der Waals surface area contributed by atoms with Crippen molar-refractivity contribution in [2.75, 3.05) is 20.1 Å². The third-order valence-electron chi connectivity index (χ3n) is 6.19. The number of pyridine rings is 1. The number of H-pyrrole nitrogens is 1.